The van der Waals surface area contributed by atoms with Gasteiger partial charge in [-0.3, -0.25) is 0 Å². The van der Waals surface area contributed by atoms with Crippen molar-refractivity contribution < 1.29 is 13.9 Å². The molecule has 0 bridgehead atoms. The molecule has 0 heterocycles. The van der Waals surface area contributed by atoms with Gasteiger partial charge in [-0.1, -0.05) is 63.2 Å². The van der Waals surface area contributed by atoms with Crippen LogP contribution in [0.3, 0.4) is 0 Å². The van der Waals surface area contributed by atoms with E-state index in [0.717, 1.165) is 64.6 Å². The second kappa shape index (κ2) is 14.2. The third-order valence-electron chi connectivity index (χ3n) is 8.90. The summed E-state index contributed by atoms with van der Waals surface area (Å²) in [6.45, 7) is 13.3. The van der Waals surface area contributed by atoms with Crippen molar-refractivity contribution >= 4 is 53.1 Å². The number of fused-ring (bicyclic) bond motifs is 2. The van der Waals surface area contributed by atoms with Gasteiger partial charge in [0.1, 0.15) is 0 Å². The molecule has 0 radical (unpaired) electrons. The van der Waals surface area contributed by atoms with Crippen molar-refractivity contribution in [2.75, 3.05) is 20.8 Å². The summed E-state index contributed by atoms with van der Waals surface area (Å²) in [5.41, 5.74) is 8.05. The molecule has 0 unspecified atom stereocenters. The first-order valence-electron chi connectivity index (χ1n) is 14.9. The number of unbranched alkanes of at least 4 members (excludes halogenated alkanes) is 1. The molecule has 0 aliphatic rings. The monoisotopic (exact) mass is 624 g/mol. The molecule has 0 aromatic heterocycles. The molecule has 42 heavy (non-hydrogen) atoms. The Labute approximate surface area is 263 Å². The summed E-state index contributed by atoms with van der Waals surface area (Å²) in [6, 6.07) is 19.9. The van der Waals surface area contributed by atoms with E-state index >= 15 is 0 Å². The summed E-state index contributed by atoms with van der Waals surface area (Å²) >= 11 is 13.2. The van der Waals surface area contributed by atoms with Crippen molar-refractivity contribution in [3.8, 4) is 11.1 Å². The van der Waals surface area contributed by atoms with E-state index in [1.165, 1.54) is 21.7 Å². The fourth-order valence-corrected chi connectivity index (χ4v) is 7.13. The fraction of sp³-hybridized carbons (Fsp3) is 0.444. The number of ether oxygens (including phenoxy) is 2. The minimum Gasteiger partial charge on any atom is -0.417 e. The molecule has 0 saturated carbocycles. The molecule has 0 saturated heterocycles. The quantitative estimate of drug-likeness (QED) is 0.0841. The summed E-state index contributed by atoms with van der Waals surface area (Å²) in [4.78, 5) is 0. The van der Waals surface area contributed by atoms with Crippen molar-refractivity contribution in [2.24, 2.45) is 0 Å². The Morgan fingerprint density at radius 1 is 0.714 bits per heavy atom. The van der Waals surface area contributed by atoms with E-state index in [9.17, 15) is 0 Å². The zero-order valence-electron chi connectivity index (χ0n) is 26.3. The van der Waals surface area contributed by atoms with Gasteiger partial charge in [0.15, 0.2) is 8.32 Å². The summed E-state index contributed by atoms with van der Waals surface area (Å²) in [7, 11) is 1.77. The smallest absolute Gasteiger partial charge is 0.191 e. The van der Waals surface area contributed by atoms with Crippen LogP contribution in [-0.4, -0.2) is 29.1 Å². The van der Waals surface area contributed by atoms with Crippen LogP contribution in [0.4, 0.5) is 0 Å². The average Bonchev–Trinajstić information content (AvgIpc) is 2.96. The van der Waals surface area contributed by atoms with Crippen LogP contribution in [0, 0.1) is 0 Å². The van der Waals surface area contributed by atoms with E-state index < -0.39 is 8.32 Å². The van der Waals surface area contributed by atoms with E-state index in [4.69, 9.17) is 37.1 Å². The van der Waals surface area contributed by atoms with Crippen molar-refractivity contribution in [3.63, 3.8) is 0 Å². The van der Waals surface area contributed by atoms with Crippen molar-refractivity contribution in [2.45, 2.75) is 83.1 Å². The lowest BCUT2D eigenvalue weighted by atomic mass is 9.83. The van der Waals surface area contributed by atoms with E-state index in [1.807, 2.05) is 0 Å². The molecule has 0 atom stereocenters. The normalized spacial score (nSPS) is 12.5. The molecule has 6 heteroatoms. The molecule has 4 aromatic rings. The van der Waals surface area contributed by atoms with E-state index in [0.29, 0.717) is 25.0 Å². The Morgan fingerprint density at radius 3 is 1.86 bits per heavy atom. The minimum atomic E-state index is -1.71. The Morgan fingerprint density at radius 2 is 1.29 bits per heavy atom. The van der Waals surface area contributed by atoms with E-state index in [-0.39, 0.29) is 5.04 Å². The van der Waals surface area contributed by atoms with Gasteiger partial charge in [-0.2, -0.15) is 0 Å². The van der Waals surface area contributed by atoms with Gasteiger partial charge in [-0.05, 0) is 110 Å². The Bertz CT molecular complexity index is 1520. The second-order valence-corrected chi connectivity index (χ2v) is 18.1. The lowest BCUT2D eigenvalue weighted by molar-refractivity contribution is 0.183. The largest absolute Gasteiger partial charge is 0.417 e. The molecule has 4 aromatic carbocycles. The molecule has 3 nitrogen and oxygen atoms in total. The minimum absolute atomic E-state index is 0.239. The zero-order valence-corrected chi connectivity index (χ0v) is 28.8. The topological polar surface area (TPSA) is 27.7 Å². The van der Waals surface area contributed by atoms with Crippen molar-refractivity contribution in [3.05, 3.63) is 82.4 Å². The summed E-state index contributed by atoms with van der Waals surface area (Å²) in [5.74, 6) is 0.815. The lowest BCUT2D eigenvalue weighted by Crippen LogP contribution is -2.40. The SMILES string of the molecule is COCc1c(CCl)cc2ccccc2c1-c1c(COC)c(CCl)cc2cc(CCCCO[Si](C)(C)C(C)(C)C)ccc12. The van der Waals surface area contributed by atoms with Crippen molar-refractivity contribution in [1.29, 1.82) is 0 Å². The third kappa shape index (κ3) is 7.06. The molecule has 0 amide bonds. The molecule has 226 valence electrons. The van der Waals surface area contributed by atoms with Crippen LogP contribution in [0.5, 0.6) is 0 Å². The maximum absolute atomic E-state index is 6.62. The number of methoxy groups -OCH3 is 2. The molecular formula is C36H46Cl2O3Si. The Kier molecular flexibility index (Phi) is 11.2. The highest BCUT2D eigenvalue weighted by Crippen LogP contribution is 2.43. The molecule has 0 N–H and O–H groups in total. The summed E-state index contributed by atoms with van der Waals surface area (Å²) in [6.07, 6.45) is 3.17. The fourth-order valence-electron chi connectivity index (χ4n) is 5.56. The highest BCUT2D eigenvalue weighted by Gasteiger charge is 2.36. The van der Waals surface area contributed by atoms with Crippen LogP contribution >= 0.6 is 23.2 Å². The van der Waals surface area contributed by atoms with Gasteiger partial charge >= 0.3 is 0 Å². The van der Waals surface area contributed by atoms with Crippen LogP contribution < -0.4 is 0 Å². The van der Waals surface area contributed by atoms with Gasteiger partial charge in [0.25, 0.3) is 0 Å². The van der Waals surface area contributed by atoms with Crippen molar-refractivity contribution in [1.82, 2.24) is 0 Å². The third-order valence-corrected chi connectivity index (χ3v) is 14.0. The Balaban J connectivity index is 1.80. The highest BCUT2D eigenvalue weighted by molar-refractivity contribution is 6.74. The first-order chi connectivity index (χ1) is 20.1. The van der Waals surface area contributed by atoms with Gasteiger partial charge in [-0.25, -0.2) is 0 Å². The Hall–Kier alpha value is -1.92. The van der Waals surface area contributed by atoms with Gasteiger partial charge in [0.2, 0.25) is 0 Å². The number of rotatable bonds is 13. The molecule has 0 aliphatic heterocycles. The summed E-state index contributed by atoms with van der Waals surface area (Å²) < 4.78 is 17.9. The van der Waals surface area contributed by atoms with Crippen LogP contribution in [-0.2, 0) is 45.3 Å². The number of hydrogen-bond acceptors (Lipinski definition) is 3. The number of benzene rings is 4. The molecule has 0 aliphatic carbocycles. The second-order valence-electron chi connectivity index (χ2n) is 12.8. The number of aryl methyl sites for hydroxylation is 1. The molecule has 0 spiro atoms. The first-order valence-corrected chi connectivity index (χ1v) is 18.9. The van der Waals surface area contributed by atoms with Gasteiger partial charge < -0.3 is 13.9 Å². The maximum atomic E-state index is 6.62. The standard InChI is InChI=1S/C36H46Cl2O3Si/c1-36(2,3)42(6,7)41-17-11-10-12-25-15-16-31-27(18-25)20-29(22-38)33(24-40-5)35(31)34-30-14-9-8-13-26(30)19-28(21-37)32(34)23-39-4/h8-9,13-16,18-20H,10-12,17,21-24H2,1-7H3. The number of alkyl halides is 2. The number of halogens is 2. The predicted octanol–water partition coefficient (Wildman–Crippen LogP) is 10.8. The zero-order chi connectivity index (χ0) is 30.5. The first kappa shape index (κ1) is 33.0. The van der Waals surface area contributed by atoms with Gasteiger partial charge in [0, 0.05) is 32.6 Å². The predicted molar refractivity (Wildman–Crippen MR) is 184 cm³/mol. The van der Waals surface area contributed by atoms with E-state index in [2.05, 4.69) is 88.5 Å². The van der Waals surface area contributed by atoms with Crippen LogP contribution in [0.1, 0.15) is 61.4 Å². The average molecular weight is 626 g/mol. The van der Waals surface area contributed by atoms with Crippen LogP contribution in [0.25, 0.3) is 32.7 Å². The highest BCUT2D eigenvalue weighted by atomic mass is 35.5. The van der Waals surface area contributed by atoms with E-state index in [1.54, 1.807) is 14.2 Å². The molecular weight excluding hydrogens is 579 g/mol. The summed E-state index contributed by atoms with van der Waals surface area (Å²) in [5, 5.41) is 4.96. The van der Waals surface area contributed by atoms with Gasteiger partial charge in [-0.15, -0.1) is 23.2 Å². The molecule has 4 rings (SSSR count). The molecule has 0 fully saturated rings. The lowest BCUT2D eigenvalue weighted by Gasteiger charge is -2.36. The van der Waals surface area contributed by atoms with Crippen LogP contribution in [0.2, 0.25) is 18.1 Å². The van der Waals surface area contributed by atoms with Crippen LogP contribution in [0.15, 0.2) is 54.6 Å². The van der Waals surface area contributed by atoms with Gasteiger partial charge in [0.05, 0.1) is 13.2 Å². The maximum Gasteiger partial charge on any atom is 0.191 e. The number of hydrogen-bond donors (Lipinski definition) is 0.